The summed E-state index contributed by atoms with van der Waals surface area (Å²) in [6, 6.07) is 6.41. The van der Waals surface area contributed by atoms with Crippen molar-refractivity contribution in [1.82, 2.24) is 5.32 Å². The third-order valence-corrected chi connectivity index (χ3v) is 5.93. The average molecular weight is 458 g/mol. The molecule has 1 aromatic rings. The summed E-state index contributed by atoms with van der Waals surface area (Å²) < 4.78 is 15.8. The van der Waals surface area contributed by atoms with E-state index in [1.54, 1.807) is 19.1 Å². The van der Waals surface area contributed by atoms with Crippen LogP contribution in [-0.4, -0.2) is 49.3 Å². The summed E-state index contributed by atoms with van der Waals surface area (Å²) in [5.74, 6) is -3.61. The van der Waals surface area contributed by atoms with Gasteiger partial charge in [-0.25, -0.2) is 4.79 Å². The Kier molecular flexibility index (Phi) is 7.58. The third-order valence-electron chi connectivity index (χ3n) is 5.93. The van der Waals surface area contributed by atoms with Gasteiger partial charge in [-0.1, -0.05) is 19.1 Å². The first-order valence-corrected chi connectivity index (χ1v) is 11.1. The number of benzene rings is 1. The van der Waals surface area contributed by atoms with E-state index < -0.39 is 29.6 Å². The van der Waals surface area contributed by atoms with Crippen LogP contribution in [0.15, 0.2) is 46.8 Å². The fourth-order valence-corrected chi connectivity index (χ4v) is 4.48. The monoisotopic (exact) mass is 457 g/mol. The average Bonchev–Trinajstić information content (AvgIpc) is 2.75. The van der Waals surface area contributed by atoms with Gasteiger partial charge in [0.25, 0.3) is 0 Å². The first kappa shape index (κ1) is 24.5. The van der Waals surface area contributed by atoms with Crippen LogP contribution in [0.2, 0.25) is 0 Å². The van der Waals surface area contributed by atoms with E-state index in [-0.39, 0.29) is 36.6 Å². The Morgan fingerprint density at radius 1 is 1.24 bits per heavy atom. The molecule has 0 bridgehead atoms. The maximum atomic E-state index is 13.6. The van der Waals surface area contributed by atoms with Crippen molar-refractivity contribution in [3.63, 3.8) is 0 Å². The fraction of sp³-hybridized carbons (Fsp3) is 0.480. The lowest BCUT2D eigenvalue weighted by molar-refractivity contribution is -0.151. The van der Waals surface area contributed by atoms with E-state index in [1.807, 2.05) is 20.8 Å². The minimum Gasteiger partial charge on any atom is -0.508 e. The van der Waals surface area contributed by atoms with Crippen molar-refractivity contribution in [1.29, 1.82) is 0 Å². The minimum absolute atomic E-state index is 0.00466. The van der Waals surface area contributed by atoms with E-state index in [2.05, 4.69) is 5.32 Å². The van der Waals surface area contributed by atoms with E-state index in [1.165, 1.54) is 19.2 Å². The molecule has 0 saturated heterocycles. The van der Waals surface area contributed by atoms with Gasteiger partial charge in [-0.15, -0.1) is 0 Å². The molecule has 0 saturated carbocycles. The number of carbonyl (C=O) groups is 3. The lowest BCUT2D eigenvalue weighted by atomic mass is 9.69. The molecule has 33 heavy (non-hydrogen) atoms. The summed E-state index contributed by atoms with van der Waals surface area (Å²) in [5.41, 5.74) is 2.37. The zero-order chi connectivity index (χ0) is 24.3. The molecule has 1 aromatic carbocycles. The molecule has 0 amide bonds. The Morgan fingerprint density at radius 2 is 1.97 bits per heavy atom. The standard InChI is InChI=1S/C25H31NO7/c1-13(2)32-9-10-33-25(30)20-15(4)26-18-11-14(3)19(24(29)31-5)23(28)22(18)21(20)16-7-6-8-17(27)12-16/h6-8,12-14,19,21,26-27H,9-11H2,1-5H3/t14-,19-,21-/m1/s1. The Labute approximate surface area is 193 Å². The predicted octanol–water partition coefficient (Wildman–Crippen LogP) is 2.97. The fourth-order valence-electron chi connectivity index (χ4n) is 4.48. The number of allylic oxidation sites excluding steroid dienone is 3. The zero-order valence-electron chi connectivity index (χ0n) is 19.6. The van der Waals surface area contributed by atoms with Crippen molar-refractivity contribution in [2.45, 2.75) is 46.1 Å². The highest BCUT2D eigenvalue weighted by Gasteiger charge is 2.47. The summed E-state index contributed by atoms with van der Waals surface area (Å²) in [6.07, 6.45) is 0.448. The number of carbonyl (C=O) groups excluding carboxylic acids is 3. The molecule has 2 N–H and O–H groups in total. The lowest BCUT2D eigenvalue weighted by Gasteiger charge is -2.38. The molecular weight excluding hydrogens is 426 g/mol. The van der Waals surface area contributed by atoms with Crippen LogP contribution in [0, 0.1) is 11.8 Å². The number of ether oxygens (including phenoxy) is 3. The van der Waals surface area contributed by atoms with Gasteiger partial charge in [0.2, 0.25) is 0 Å². The van der Waals surface area contributed by atoms with Crippen LogP contribution < -0.4 is 5.32 Å². The summed E-state index contributed by atoms with van der Waals surface area (Å²) in [5, 5.41) is 13.3. The van der Waals surface area contributed by atoms with Crippen LogP contribution in [0.25, 0.3) is 0 Å². The van der Waals surface area contributed by atoms with Gasteiger partial charge in [0.1, 0.15) is 18.3 Å². The molecule has 1 aliphatic heterocycles. The highest BCUT2D eigenvalue weighted by Crippen LogP contribution is 2.45. The highest BCUT2D eigenvalue weighted by atomic mass is 16.6. The van der Waals surface area contributed by atoms with Gasteiger partial charge in [0.15, 0.2) is 5.78 Å². The number of phenols is 1. The molecule has 0 spiro atoms. The predicted molar refractivity (Wildman–Crippen MR) is 120 cm³/mol. The van der Waals surface area contributed by atoms with E-state index in [0.29, 0.717) is 29.0 Å². The molecule has 8 heteroatoms. The maximum absolute atomic E-state index is 13.6. The summed E-state index contributed by atoms with van der Waals surface area (Å²) in [4.78, 5) is 39.2. The van der Waals surface area contributed by atoms with Crippen molar-refractivity contribution in [2.24, 2.45) is 11.8 Å². The van der Waals surface area contributed by atoms with Crippen molar-refractivity contribution >= 4 is 17.7 Å². The Hall–Kier alpha value is -3.13. The second-order valence-electron chi connectivity index (χ2n) is 8.69. The molecule has 3 rings (SSSR count). The maximum Gasteiger partial charge on any atom is 0.336 e. The molecule has 0 fully saturated rings. The number of rotatable bonds is 7. The second-order valence-corrected chi connectivity index (χ2v) is 8.69. The normalized spacial score (nSPS) is 22.7. The van der Waals surface area contributed by atoms with Gasteiger partial charge in [0.05, 0.1) is 25.4 Å². The molecule has 8 nitrogen and oxygen atoms in total. The van der Waals surface area contributed by atoms with Crippen molar-refractivity contribution < 1.29 is 33.7 Å². The molecule has 0 aromatic heterocycles. The van der Waals surface area contributed by atoms with Gasteiger partial charge >= 0.3 is 11.9 Å². The number of nitrogens with one attached hydrogen (secondary N) is 1. The zero-order valence-corrected chi connectivity index (χ0v) is 19.6. The Morgan fingerprint density at radius 3 is 2.61 bits per heavy atom. The Balaban J connectivity index is 2.04. The first-order chi connectivity index (χ1) is 15.6. The van der Waals surface area contributed by atoms with Gasteiger partial charge in [-0.05, 0) is 50.8 Å². The summed E-state index contributed by atoms with van der Waals surface area (Å²) in [6.45, 7) is 7.66. The highest BCUT2D eigenvalue weighted by molar-refractivity contribution is 6.12. The first-order valence-electron chi connectivity index (χ1n) is 11.1. The van der Waals surface area contributed by atoms with Gasteiger partial charge in [0, 0.05) is 22.9 Å². The van der Waals surface area contributed by atoms with Gasteiger partial charge in [-0.2, -0.15) is 0 Å². The number of phenolic OH excluding ortho intramolecular Hbond substituents is 1. The minimum atomic E-state index is -0.967. The molecule has 0 radical (unpaired) electrons. The topological polar surface area (TPSA) is 111 Å². The number of hydrogen-bond acceptors (Lipinski definition) is 8. The molecule has 1 aliphatic carbocycles. The van der Waals surface area contributed by atoms with Crippen LogP contribution in [-0.2, 0) is 28.6 Å². The Bertz CT molecular complexity index is 1010. The smallest absolute Gasteiger partial charge is 0.336 e. The largest absolute Gasteiger partial charge is 0.508 e. The van der Waals surface area contributed by atoms with Crippen LogP contribution in [0.4, 0.5) is 0 Å². The van der Waals surface area contributed by atoms with Crippen LogP contribution >= 0.6 is 0 Å². The van der Waals surface area contributed by atoms with Crippen LogP contribution in [0.1, 0.15) is 45.6 Å². The number of hydrogen-bond donors (Lipinski definition) is 2. The van der Waals surface area contributed by atoms with Gasteiger partial charge < -0.3 is 24.6 Å². The SMILES string of the molecule is COC(=O)[C@H]1C(=O)C2=C(C[C@H]1C)NC(C)=C(C(=O)OCCOC(C)C)[C@H]2c1cccc(O)c1. The molecule has 2 aliphatic rings. The van der Waals surface area contributed by atoms with Crippen molar-refractivity contribution in [3.8, 4) is 5.75 Å². The second kappa shape index (κ2) is 10.2. The van der Waals surface area contributed by atoms with Crippen molar-refractivity contribution in [3.05, 3.63) is 52.4 Å². The number of ketones is 1. The number of esters is 2. The quantitative estimate of drug-likeness (QED) is 0.365. The van der Waals surface area contributed by atoms with E-state index >= 15 is 0 Å². The number of aromatic hydroxyl groups is 1. The summed E-state index contributed by atoms with van der Waals surface area (Å²) in [7, 11) is 1.25. The molecule has 3 atom stereocenters. The van der Waals surface area contributed by atoms with Gasteiger partial charge in [-0.3, -0.25) is 9.59 Å². The van der Waals surface area contributed by atoms with E-state index in [9.17, 15) is 19.5 Å². The van der Waals surface area contributed by atoms with E-state index in [4.69, 9.17) is 14.2 Å². The lowest BCUT2D eigenvalue weighted by Crippen LogP contribution is -2.43. The summed E-state index contributed by atoms with van der Waals surface area (Å²) >= 11 is 0. The number of Topliss-reactive ketones (excluding diaryl/α,β-unsaturated/α-hetero) is 1. The van der Waals surface area contributed by atoms with E-state index in [0.717, 1.165) is 0 Å². The van der Waals surface area contributed by atoms with Crippen LogP contribution in [0.5, 0.6) is 5.75 Å². The van der Waals surface area contributed by atoms with Crippen molar-refractivity contribution in [2.75, 3.05) is 20.3 Å². The number of methoxy groups -OCH3 is 1. The molecule has 178 valence electrons. The third kappa shape index (κ3) is 5.11. The molecular formula is C25H31NO7. The molecule has 0 unspecified atom stereocenters. The molecule has 1 heterocycles. The number of dihydropyridines is 1. The van der Waals surface area contributed by atoms with Crippen LogP contribution in [0.3, 0.4) is 0 Å².